The predicted octanol–water partition coefficient (Wildman–Crippen LogP) is 4.22. The van der Waals surface area contributed by atoms with Crippen molar-refractivity contribution in [1.29, 1.82) is 0 Å². The van der Waals surface area contributed by atoms with Crippen LogP contribution < -0.4 is 5.32 Å². The summed E-state index contributed by atoms with van der Waals surface area (Å²) >= 11 is 0. The third-order valence-corrected chi connectivity index (χ3v) is 3.72. The summed E-state index contributed by atoms with van der Waals surface area (Å²) in [7, 11) is 0. The van der Waals surface area contributed by atoms with Gasteiger partial charge in [0.25, 0.3) is 0 Å². The van der Waals surface area contributed by atoms with E-state index in [1.165, 1.54) is 11.5 Å². The zero-order chi connectivity index (χ0) is 14.7. The second-order valence-corrected chi connectivity index (χ2v) is 5.14. The molecule has 1 N–H and O–H groups in total. The Morgan fingerprint density at radius 2 is 1.81 bits per heavy atom. The number of halogens is 1. The molecule has 0 spiro atoms. The summed E-state index contributed by atoms with van der Waals surface area (Å²) in [6.07, 6.45) is 3.72. The Balaban J connectivity index is 1.79. The van der Waals surface area contributed by atoms with Gasteiger partial charge in [-0.15, -0.1) is 0 Å². The first-order valence-corrected chi connectivity index (χ1v) is 7.05. The first kappa shape index (κ1) is 13.7. The normalized spacial score (nSPS) is 12.5. The average molecular weight is 280 g/mol. The van der Waals surface area contributed by atoms with Gasteiger partial charge in [-0.2, -0.15) is 0 Å². The SMILES string of the molecule is CC(NCc1cncc2ccccc12)c1ccccc1F. The quantitative estimate of drug-likeness (QED) is 0.773. The number of fused-ring (bicyclic) bond motifs is 1. The molecule has 1 atom stereocenters. The van der Waals surface area contributed by atoms with Crippen LogP contribution in [-0.2, 0) is 6.54 Å². The number of hydrogen-bond acceptors (Lipinski definition) is 2. The van der Waals surface area contributed by atoms with Crippen molar-refractivity contribution >= 4 is 10.8 Å². The van der Waals surface area contributed by atoms with Crippen molar-refractivity contribution in [1.82, 2.24) is 10.3 Å². The lowest BCUT2D eigenvalue weighted by Crippen LogP contribution is -2.19. The molecule has 1 unspecified atom stereocenters. The van der Waals surface area contributed by atoms with E-state index in [0.717, 1.165) is 10.9 Å². The molecule has 0 aliphatic carbocycles. The molecule has 0 aliphatic heterocycles. The summed E-state index contributed by atoms with van der Waals surface area (Å²) < 4.78 is 13.8. The van der Waals surface area contributed by atoms with Crippen LogP contribution in [0.3, 0.4) is 0 Å². The molecule has 1 heterocycles. The van der Waals surface area contributed by atoms with Crippen molar-refractivity contribution in [3.8, 4) is 0 Å². The highest BCUT2D eigenvalue weighted by Gasteiger charge is 2.10. The van der Waals surface area contributed by atoms with Gasteiger partial charge in [0.1, 0.15) is 5.82 Å². The van der Waals surface area contributed by atoms with Gasteiger partial charge < -0.3 is 5.32 Å². The minimum absolute atomic E-state index is 0.0508. The van der Waals surface area contributed by atoms with Gasteiger partial charge in [0.05, 0.1) is 0 Å². The zero-order valence-electron chi connectivity index (χ0n) is 11.9. The fourth-order valence-electron chi connectivity index (χ4n) is 2.52. The average Bonchev–Trinajstić information content (AvgIpc) is 2.53. The van der Waals surface area contributed by atoms with Crippen LogP contribution in [0.25, 0.3) is 10.8 Å². The van der Waals surface area contributed by atoms with Crippen molar-refractivity contribution in [2.24, 2.45) is 0 Å². The fraction of sp³-hybridized carbons (Fsp3) is 0.167. The summed E-state index contributed by atoms with van der Waals surface area (Å²) in [5.41, 5.74) is 1.81. The summed E-state index contributed by atoms with van der Waals surface area (Å²) in [5, 5.41) is 5.67. The van der Waals surface area contributed by atoms with Crippen LogP contribution in [0.5, 0.6) is 0 Å². The van der Waals surface area contributed by atoms with Gasteiger partial charge >= 0.3 is 0 Å². The molecule has 3 aromatic rings. The Morgan fingerprint density at radius 1 is 1.05 bits per heavy atom. The maximum absolute atomic E-state index is 13.8. The Kier molecular flexibility index (Phi) is 3.93. The highest BCUT2D eigenvalue weighted by molar-refractivity contribution is 5.84. The zero-order valence-corrected chi connectivity index (χ0v) is 11.9. The molecule has 21 heavy (non-hydrogen) atoms. The van der Waals surface area contributed by atoms with Gasteiger partial charge in [-0.3, -0.25) is 4.98 Å². The van der Waals surface area contributed by atoms with Crippen molar-refractivity contribution < 1.29 is 4.39 Å². The molecular formula is C18H17FN2. The van der Waals surface area contributed by atoms with Crippen molar-refractivity contribution in [2.75, 3.05) is 0 Å². The number of nitrogens with zero attached hydrogens (tertiary/aromatic N) is 1. The number of rotatable bonds is 4. The molecule has 106 valence electrons. The molecule has 0 bridgehead atoms. The van der Waals surface area contributed by atoms with E-state index in [9.17, 15) is 4.39 Å². The lowest BCUT2D eigenvalue weighted by molar-refractivity contribution is 0.529. The Morgan fingerprint density at radius 3 is 2.67 bits per heavy atom. The summed E-state index contributed by atoms with van der Waals surface area (Å²) in [6, 6.07) is 15.0. The molecular weight excluding hydrogens is 263 g/mol. The highest BCUT2D eigenvalue weighted by atomic mass is 19.1. The molecule has 2 nitrogen and oxygen atoms in total. The van der Waals surface area contributed by atoms with Gasteiger partial charge in [-0.1, -0.05) is 42.5 Å². The summed E-state index contributed by atoms with van der Waals surface area (Å²) in [6.45, 7) is 2.63. The van der Waals surface area contributed by atoms with E-state index in [0.29, 0.717) is 12.1 Å². The van der Waals surface area contributed by atoms with E-state index in [2.05, 4.69) is 16.4 Å². The number of nitrogens with one attached hydrogen (secondary N) is 1. The minimum atomic E-state index is -0.173. The summed E-state index contributed by atoms with van der Waals surface area (Å²) in [5.74, 6) is -0.173. The van der Waals surface area contributed by atoms with Crippen LogP contribution in [0.2, 0.25) is 0 Å². The van der Waals surface area contributed by atoms with Gasteiger partial charge in [-0.05, 0) is 23.9 Å². The molecule has 0 fully saturated rings. The van der Waals surface area contributed by atoms with Crippen LogP contribution in [0.4, 0.5) is 4.39 Å². The molecule has 3 heteroatoms. The largest absolute Gasteiger partial charge is 0.306 e. The molecule has 0 radical (unpaired) electrons. The van der Waals surface area contributed by atoms with E-state index < -0.39 is 0 Å². The van der Waals surface area contributed by atoms with E-state index in [4.69, 9.17) is 0 Å². The highest BCUT2D eigenvalue weighted by Crippen LogP contribution is 2.20. The Labute approximate surface area is 123 Å². The van der Waals surface area contributed by atoms with Crippen LogP contribution in [-0.4, -0.2) is 4.98 Å². The molecule has 2 aromatic carbocycles. The van der Waals surface area contributed by atoms with E-state index >= 15 is 0 Å². The Bertz CT molecular complexity index is 750. The monoisotopic (exact) mass is 280 g/mol. The van der Waals surface area contributed by atoms with Crippen molar-refractivity contribution in [3.63, 3.8) is 0 Å². The van der Waals surface area contributed by atoms with Gasteiger partial charge in [0.15, 0.2) is 0 Å². The maximum atomic E-state index is 13.8. The Hall–Kier alpha value is -2.26. The van der Waals surface area contributed by atoms with Crippen molar-refractivity contribution in [3.05, 3.63) is 77.9 Å². The molecule has 1 aromatic heterocycles. The molecule has 0 saturated heterocycles. The number of aromatic nitrogens is 1. The topological polar surface area (TPSA) is 24.9 Å². The third-order valence-electron chi connectivity index (χ3n) is 3.72. The number of benzene rings is 2. The van der Waals surface area contributed by atoms with Crippen LogP contribution in [0, 0.1) is 5.82 Å². The maximum Gasteiger partial charge on any atom is 0.127 e. The molecule has 0 saturated carbocycles. The van der Waals surface area contributed by atoms with E-state index in [1.807, 2.05) is 49.6 Å². The van der Waals surface area contributed by atoms with Gasteiger partial charge in [-0.25, -0.2) is 4.39 Å². The van der Waals surface area contributed by atoms with Crippen LogP contribution in [0.1, 0.15) is 24.1 Å². The second-order valence-electron chi connectivity index (χ2n) is 5.14. The number of pyridine rings is 1. The van der Waals surface area contributed by atoms with Crippen LogP contribution >= 0.6 is 0 Å². The third kappa shape index (κ3) is 2.93. The first-order valence-electron chi connectivity index (χ1n) is 7.05. The molecule has 3 rings (SSSR count). The minimum Gasteiger partial charge on any atom is -0.306 e. The molecule has 0 aliphatic rings. The van der Waals surface area contributed by atoms with Gasteiger partial charge in [0.2, 0.25) is 0 Å². The predicted molar refractivity (Wildman–Crippen MR) is 83.4 cm³/mol. The lowest BCUT2D eigenvalue weighted by atomic mass is 10.1. The van der Waals surface area contributed by atoms with E-state index in [1.54, 1.807) is 6.07 Å². The van der Waals surface area contributed by atoms with Crippen LogP contribution in [0.15, 0.2) is 60.9 Å². The van der Waals surface area contributed by atoms with Crippen molar-refractivity contribution in [2.45, 2.75) is 19.5 Å². The smallest absolute Gasteiger partial charge is 0.127 e. The lowest BCUT2D eigenvalue weighted by Gasteiger charge is -2.15. The summed E-state index contributed by atoms with van der Waals surface area (Å²) in [4.78, 5) is 4.27. The van der Waals surface area contributed by atoms with E-state index in [-0.39, 0.29) is 11.9 Å². The standard InChI is InChI=1S/C18H17FN2/c1-13(16-7-4-5-9-18(16)19)21-12-15-11-20-10-14-6-2-3-8-17(14)15/h2-11,13,21H,12H2,1H3. The second kappa shape index (κ2) is 6.02. The number of hydrogen-bond donors (Lipinski definition) is 1. The first-order chi connectivity index (χ1) is 10.3. The molecule has 0 amide bonds. The fourth-order valence-corrected chi connectivity index (χ4v) is 2.52. The van der Waals surface area contributed by atoms with Gasteiger partial charge in [0, 0.05) is 35.9 Å².